The molecule has 10 aromatic carbocycles. The second-order valence-corrected chi connectivity index (χ2v) is 15.2. The van der Waals surface area contributed by atoms with E-state index >= 15 is 0 Å². The van der Waals surface area contributed by atoms with Gasteiger partial charge in [0, 0.05) is 27.5 Å². The SMILES string of the molecule is c1ccc(-c2ccc(-c3nc(-c4ccc5ccc(-c6ccc7ccccc7c6)cc5c4)nc(-c4ccc5cc6oc7ccccc7c6cc5c4)n3)c3ccccc23)cc1. The first-order valence-corrected chi connectivity index (χ1v) is 19.9. The Hall–Kier alpha value is -7.95. The molecule has 0 aliphatic carbocycles. The topological polar surface area (TPSA) is 51.8 Å². The maximum absolute atomic E-state index is 6.22. The van der Waals surface area contributed by atoms with Gasteiger partial charge in [0.05, 0.1) is 0 Å². The molecule has 0 atom stereocenters. The fourth-order valence-corrected chi connectivity index (χ4v) is 8.66. The summed E-state index contributed by atoms with van der Waals surface area (Å²) in [5.74, 6) is 1.86. The molecule has 59 heavy (non-hydrogen) atoms. The van der Waals surface area contributed by atoms with Crippen LogP contribution in [-0.4, -0.2) is 15.0 Å². The Morgan fingerprint density at radius 2 is 0.746 bits per heavy atom. The minimum Gasteiger partial charge on any atom is -0.456 e. The van der Waals surface area contributed by atoms with Gasteiger partial charge in [-0.25, -0.2) is 15.0 Å². The van der Waals surface area contributed by atoms with E-state index in [1.807, 2.05) is 12.1 Å². The summed E-state index contributed by atoms with van der Waals surface area (Å²) in [7, 11) is 0. The van der Waals surface area contributed by atoms with E-state index < -0.39 is 0 Å². The van der Waals surface area contributed by atoms with Crippen molar-refractivity contribution in [2.24, 2.45) is 0 Å². The molecule has 0 spiro atoms. The summed E-state index contributed by atoms with van der Waals surface area (Å²) in [5.41, 5.74) is 9.25. The first-order chi connectivity index (χ1) is 29.2. The third-order valence-corrected chi connectivity index (χ3v) is 11.7. The van der Waals surface area contributed by atoms with E-state index in [1.54, 1.807) is 0 Å². The molecule has 0 radical (unpaired) electrons. The number of para-hydroxylation sites is 1. The highest BCUT2D eigenvalue weighted by Crippen LogP contribution is 2.38. The van der Waals surface area contributed by atoms with E-state index in [9.17, 15) is 0 Å². The molecule has 12 aromatic rings. The lowest BCUT2D eigenvalue weighted by Crippen LogP contribution is -2.01. The van der Waals surface area contributed by atoms with E-state index in [0.29, 0.717) is 17.5 Å². The van der Waals surface area contributed by atoms with Crippen LogP contribution < -0.4 is 0 Å². The van der Waals surface area contributed by atoms with Gasteiger partial charge in [0.1, 0.15) is 11.2 Å². The number of furan rings is 1. The van der Waals surface area contributed by atoms with Gasteiger partial charge in [0.2, 0.25) is 0 Å². The lowest BCUT2D eigenvalue weighted by molar-refractivity contribution is 0.669. The Morgan fingerprint density at radius 3 is 1.49 bits per heavy atom. The number of hydrogen-bond donors (Lipinski definition) is 0. The molecule has 0 bridgehead atoms. The van der Waals surface area contributed by atoms with Gasteiger partial charge in [0.15, 0.2) is 17.5 Å². The summed E-state index contributed by atoms with van der Waals surface area (Å²) in [6.45, 7) is 0. The Balaban J connectivity index is 1.04. The van der Waals surface area contributed by atoms with Crippen molar-refractivity contribution in [3.05, 3.63) is 200 Å². The molecule has 0 saturated carbocycles. The van der Waals surface area contributed by atoms with Crippen molar-refractivity contribution in [1.29, 1.82) is 0 Å². The highest BCUT2D eigenvalue weighted by Gasteiger charge is 2.18. The van der Waals surface area contributed by atoms with Crippen LogP contribution in [-0.2, 0) is 0 Å². The van der Waals surface area contributed by atoms with E-state index in [2.05, 4.69) is 188 Å². The van der Waals surface area contributed by atoms with E-state index in [4.69, 9.17) is 19.4 Å². The summed E-state index contributed by atoms with van der Waals surface area (Å²) < 4.78 is 6.22. The number of nitrogens with zero attached hydrogens (tertiary/aromatic N) is 3. The number of rotatable bonds is 5. The van der Waals surface area contributed by atoms with Gasteiger partial charge in [-0.15, -0.1) is 0 Å². The fraction of sp³-hybridized carbons (Fsp3) is 0. The molecule has 4 nitrogen and oxygen atoms in total. The van der Waals surface area contributed by atoms with E-state index in [0.717, 1.165) is 76.5 Å². The predicted molar refractivity (Wildman–Crippen MR) is 244 cm³/mol. The molecule has 2 aromatic heterocycles. The first-order valence-electron chi connectivity index (χ1n) is 19.9. The van der Waals surface area contributed by atoms with Crippen molar-refractivity contribution >= 4 is 65.0 Å². The zero-order valence-corrected chi connectivity index (χ0v) is 31.8. The first kappa shape index (κ1) is 33.2. The molecular formula is C55H33N3O. The molecule has 12 rings (SSSR count). The molecule has 0 fully saturated rings. The highest BCUT2D eigenvalue weighted by atomic mass is 16.3. The summed E-state index contributed by atoms with van der Waals surface area (Å²) in [6.07, 6.45) is 0. The zero-order chi connectivity index (χ0) is 38.9. The van der Waals surface area contributed by atoms with Crippen molar-refractivity contribution < 1.29 is 4.42 Å². The largest absolute Gasteiger partial charge is 0.456 e. The quantitative estimate of drug-likeness (QED) is 0.176. The fourth-order valence-electron chi connectivity index (χ4n) is 8.66. The summed E-state index contributed by atoms with van der Waals surface area (Å²) in [4.78, 5) is 15.8. The van der Waals surface area contributed by atoms with Crippen molar-refractivity contribution in [1.82, 2.24) is 15.0 Å². The Kier molecular flexibility index (Phi) is 7.50. The van der Waals surface area contributed by atoms with Crippen LogP contribution in [0.2, 0.25) is 0 Å². The van der Waals surface area contributed by atoms with Gasteiger partial charge in [-0.1, -0.05) is 152 Å². The monoisotopic (exact) mass is 751 g/mol. The van der Waals surface area contributed by atoms with Gasteiger partial charge in [-0.05, 0) is 114 Å². The molecule has 0 amide bonds. The molecular weight excluding hydrogens is 719 g/mol. The van der Waals surface area contributed by atoms with Gasteiger partial charge < -0.3 is 4.42 Å². The van der Waals surface area contributed by atoms with Crippen molar-refractivity contribution in [3.8, 4) is 56.4 Å². The van der Waals surface area contributed by atoms with Gasteiger partial charge in [-0.3, -0.25) is 0 Å². The van der Waals surface area contributed by atoms with Crippen LogP contribution in [0.15, 0.2) is 205 Å². The Morgan fingerprint density at radius 1 is 0.254 bits per heavy atom. The van der Waals surface area contributed by atoms with Crippen LogP contribution in [0, 0.1) is 0 Å². The van der Waals surface area contributed by atoms with Crippen LogP contribution in [0.1, 0.15) is 0 Å². The summed E-state index contributed by atoms with van der Waals surface area (Å²) >= 11 is 0. The normalized spacial score (nSPS) is 11.7. The average Bonchev–Trinajstić information content (AvgIpc) is 3.67. The molecule has 0 aliphatic heterocycles. The van der Waals surface area contributed by atoms with Crippen LogP contribution in [0.3, 0.4) is 0 Å². The van der Waals surface area contributed by atoms with E-state index in [-0.39, 0.29) is 0 Å². The standard InChI is InChI=1S/C55H33N3O/c1-2-11-36(12-3-1)45-26-27-49(47-15-7-6-14-46(45)47)55-57-53(41-24-20-35-19-22-39(29-43(35)30-41)38-21-18-34-10-4-5-13-37(34)28-38)56-54(58-55)42-25-23-40-33-52-50(32-44(40)31-42)48-16-8-9-17-51(48)59-52/h1-33H. The van der Waals surface area contributed by atoms with Gasteiger partial charge >= 0.3 is 0 Å². The number of hydrogen-bond acceptors (Lipinski definition) is 4. The van der Waals surface area contributed by atoms with Crippen molar-refractivity contribution in [2.45, 2.75) is 0 Å². The number of benzene rings is 10. The number of aromatic nitrogens is 3. The summed E-state index contributed by atoms with van der Waals surface area (Å²) in [6, 6.07) is 70.7. The number of fused-ring (bicyclic) bond motifs is 7. The average molecular weight is 752 g/mol. The van der Waals surface area contributed by atoms with Crippen LogP contribution >= 0.6 is 0 Å². The molecule has 0 unspecified atom stereocenters. The second kappa shape index (κ2) is 13.3. The van der Waals surface area contributed by atoms with Crippen LogP contribution in [0.5, 0.6) is 0 Å². The minimum atomic E-state index is 0.616. The Bertz CT molecular complexity index is 3620. The molecule has 0 N–H and O–H groups in total. The lowest BCUT2D eigenvalue weighted by Gasteiger charge is -2.13. The van der Waals surface area contributed by atoms with Gasteiger partial charge in [-0.2, -0.15) is 0 Å². The highest BCUT2D eigenvalue weighted by molar-refractivity contribution is 6.10. The predicted octanol–water partition coefficient (Wildman–Crippen LogP) is 14.7. The molecule has 4 heteroatoms. The summed E-state index contributed by atoms with van der Waals surface area (Å²) in [5, 5.41) is 11.3. The zero-order valence-electron chi connectivity index (χ0n) is 31.8. The van der Waals surface area contributed by atoms with Crippen LogP contribution in [0.25, 0.3) is 121 Å². The van der Waals surface area contributed by atoms with Crippen molar-refractivity contribution in [3.63, 3.8) is 0 Å². The lowest BCUT2D eigenvalue weighted by atomic mass is 9.94. The molecule has 274 valence electrons. The maximum Gasteiger partial charge on any atom is 0.164 e. The van der Waals surface area contributed by atoms with Crippen molar-refractivity contribution in [2.75, 3.05) is 0 Å². The third-order valence-electron chi connectivity index (χ3n) is 11.7. The molecule has 0 saturated heterocycles. The molecule has 0 aliphatic rings. The van der Waals surface area contributed by atoms with Gasteiger partial charge in [0.25, 0.3) is 0 Å². The van der Waals surface area contributed by atoms with E-state index in [1.165, 1.54) is 27.5 Å². The Labute approximate surface area is 339 Å². The second-order valence-electron chi connectivity index (χ2n) is 15.2. The smallest absolute Gasteiger partial charge is 0.164 e. The third kappa shape index (κ3) is 5.73. The minimum absolute atomic E-state index is 0.616. The molecule has 2 heterocycles. The maximum atomic E-state index is 6.22. The van der Waals surface area contributed by atoms with Crippen LogP contribution in [0.4, 0.5) is 0 Å².